The predicted molar refractivity (Wildman–Crippen MR) is 48.1 cm³/mol. The number of amides is 1. The predicted octanol–water partition coefficient (Wildman–Crippen LogP) is 0.827. The van der Waals surface area contributed by atoms with Gasteiger partial charge in [0, 0.05) is 44.4 Å². The van der Waals surface area contributed by atoms with E-state index in [2.05, 4.69) is 11.1 Å². The smallest absolute Gasteiger partial charge is 0.219 e. The van der Waals surface area contributed by atoms with Gasteiger partial charge < -0.3 is 4.90 Å². The first-order valence-electron chi connectivity index (χ1n) is 4.34. The summed E-state index contributed by atoms with van der Waals surface area (Å²) < 4.78 is 0. The fourth-order valence-electron chi connectivity index (χ4n) is 1.51. The van der Waals surface area contributed by atoms with Crippen LogP contribution in [0.2, 0.25) is 0 Å². The van der Waals surface area contributed by atoms with Gasteiger partial charge >= 0.3 is 0 Å². The van der Waals surface area contributed by atoms with Crippen LogP contribution in [0.1, 0.15) is 18.4 Å². The average molecular weight is 175 g/mol. The van der Waals surface area contributed by atoms with Crippen LogP contribution in [0.25, 0.3) is 0 Å². The number of nitrogens with zero attached hydrogens (tertiary/aromatic N) is 2. The molecule has 2 rings (SSSR count). The Labute approximate surface area is 77.4 Å². The SMILES string of the molecule is CC(=O)N1CC(c2c[c]cnc2)C1. The van der Waals surface area contributed by atoms with Crippen molar-refractivity contribution in [1.82, 2.24) is 9.88 Å². The number of hydrogen-bond donors (Lipinski definition) is 0. The molecule has 1 amide bonds. The summed E-state index contributed by atoms with van der Waals surface area (Å²) in [7, 11) is 0. The topological polar surface area (TPSA) is 33.2 Å². The molecule has 0 atom stereocenters. The number of carbonyl (C=O) groups is 1. The third-order valence-corrected chi connectivity index (χ3v) is 2.42. The lowest BCUT2D eigenvalue weighted by molar-refractivity contribution is -0.133. The first-order valence-corrected chi connectivity index (χ1v) is 4.34. The number of likely N-dealkylation sites (tertiary alicyclic amines) is 1. The Bertz CT molecular complexity index is 304. The van der Waals surface area contributed by atoms with Crippen LogP contribution in [0.4, 0.5) is 0 Å². The lowest BCUT2D eigenvalue weighted by Crippen LogP contribution is -2.47. The number of rotatable bonds is 1. The highest BCUT2D eigenvalue weighted by Crippen LogP contribution is 2.25. The van der Waals surface area contributed by atoms with E-state index < -0.39 is 0 Å². The van der Waals surface area contributed by atoms with E-state index in [0.717, 1.165) is 13.1 Å². The quantitative estimate of drug-likeness (QED) is 0.633. The van der Waals surface area contributed by atoms with Gasteiger partial charge in [0.25, 0.3) is 0 Å². The zero-order valence-electron chi connectivity index (χ0n) is 7.53. The van der Waals surface area contributed by atoms with Crippen molar-refractivity contribution in [3.8, 4) is 0 Å². The molecule has 0 N–H and O–H groups in total. The zero-order valence-corrected chi connectivity index (χ0v) is 7.53. The molecule has 0 bridgehead atoms. The summed E-state index contributed by atoms with van der Waals surface area (Å²) in [5.74, 6) is 0.623. The summed E-state index contributed by atoms with van der Waals surface area (Å²) >= 11 is 0. The third kappa shape index (κ3) is 1.54. The van der Waals surface area contributed by atoms with Crippen LogP contribution >= 0.6 is 0 Å². The maximum Gasteiger partial charge on any atom is 0.219 e. The van der Waals surface area contributed by atoms with Crippen molar-refractivity contribution in [2.24, 2.45) is 0 Å². The van der Waals surface area contributed by atoms with Crippen molar-refractivity contribution in [2.75, 3.05) is 13.1 Å². The average Bonchev–Trinajstić information content (AvgIpc) is 2.02. The minimum absolute atomic E-state index is 0.157. The van der Waals surface area contributed by atoms with Crippen molar-refractivity contribution >= 4 is 5.91 Å². The Morgan fingerprint density at radius 1 is 1.69 bits per heavy atom. The Kier molecular flexibility index (Phi) is 2.00. The summed E-state index contributed by atoms with van der Waals surface area (Å²) in [5.41, 5.74) is 1.18. The normalized spacial score (nSPS) is 16.8. The second-order valence-corrected chi connectivity index (χ2v) is 3.34. The van der Waals surface area contributed by atoms with E-state index in [4.69, 9.17) is 0 Å². The van der Waals surface area contributed by atoms with Gasteiger partial charge in [-0.05, 0) is 11.6 Å². The van der Waals surface area contributed by atoms with Crippen LogP contribution in [0, 0.1) is 6.07 Å². The van der Waals surface area contributed by atoms with Crippen LogP contribution in [0.5, 0.6) is 0 Å². The zero-order chi connectivity index (χ0) is 9.26. The van der Waals surface area contributed by atoms with E-state index >= 15 is 0 Å². The van der Waals surface area contributed by atoms with Gasteiger partial charge in [0.15, 0.2) is 0 Å². The van der Waals surface area contributed by atoms with E-state index in [9.17, 15) is 4.79 Å². The molecule has 0 saturated carbocycles. The number of carbonyl (C=O) groups excluding carboxylic acids is 1. The Morgan fingerprint density at radius 3 is 3.00 bits per heavy atom. The third-order valence-electron chi connectivity index (χ3n) is 2.42. The standard InChI is InChI=1S/C10H11N2O/c1-8(13)12-6-10(7-12)9-3-2-4-11-5-9/h3-5,10H,6-7H2,1H3. The number of hydrogen-bond acceptors (Lipinski definition) is 2. The van der Waals surface area contributed by atoms with E-state index in [1.807, 2.05) is 17.2 Å². The molecule has 0 aromatic carbocycles. The molecule has 2 heterocycles. The van der Waals surface area contributed by atoms with Gasteiger partial charge in [0.05, 0.1) is 0 Å². The summed E-state index contributed by atoms with van der Waals surface area (Å²) in [4.78, 5) is 16.7. The molecule has 1 radical (unpaired) electrons. The van der Waals surface area contributed by atoms with Gasteiger partial charge in [-0.2, -0.15) is 0 Å². The molecule has 67 valence electrons. The molecule has 0 unspecified atom stereocenters. The summed E-state index contributed by atoms with van der Waals surface area (Å²) in [6, 6.07) is 4.88. The largest absolute Gasteiger partial charge is 0.342 e. The molecule has 1 saturated heterocycles. The molecular formula is C10H11N2O. The monoisotopic (exact) mass is 175 g/mol. The van der Waals surface area contributed by atoms with Crippen LogP contribution in [-0.4, -0.2) is 28.9 Å². The first-order chi connectivity index (χ1) is 6.27. The highest BCUT2D eigenvalue weighted by Gasteiger charge is 2.29. The second kappa shape index (κ2) is 3.17. The van der Waals surface area contributed by atoms with Crippen molar-refractivity contribution in [3.05, 3.63) is 30.1 Å². The van der Waals surface area contributed by atoms with Crippen LogP contribution in [0.3, 0.4) is 0 Å². The lowest BCUT2D eigenvalue weighted by Gasteiger charge is -2.38. The molecule has 1 aromatic heterocycles. The first kappa shape index (κ1) is 8.23. The van der Waals surface area contributed by atoms with Crippen molar-refractivity contribution in [1.29, 1.82) is 0 Å². The van der Waals surface area contributed by atoms with Gasteiger partial charge in [0.1, 0.15) is 0 Å². The van der Waals surface area contributed by atoms with Gasteiger partial charge in [-0.1, -0.05) is 0 Å². The van der Waals surface area contributed by atoms with E-state index in [0.29, 0.717) is 5.92 Å². The summed E-state index contributed by atoms with van der Waals surface area (Å²) in [6.45, 7) is 3.26. The Hall–Kier alpha value is -1.38. The maximum absolute atomic E-state index is 10.9. The summed E-state index contributed by atoms with van der Waals surface area (Å²) in [6.07, 6.45) is 3.49. The molecule has 3 nitrogen and oxygen atoms in total. The second-order valence-electron chi connectivity index (χ2n) is 3.34. The Morgan fingerprint density at radius 2 is 2.46 bits per heavy atom. The molecule has 13 heavy (non-hydrogen) atoms. The highest BCUT2D eigenvalue weighted by molar-refractivity contribution is 5.74. The molecule has 1 aliphatic rings. The van der Waals surface area contributed by atoms with Crippen LogP contribution < -0.4 is 0 Å². The van der Waals surface area contributed by atoms with Gasteiger partial charge in [-0.25, -0.2) is 0 Å². The minimum atomic E-state index is 0.157. The molecule has 0 aliphatic carbocycles. The van der Waals surface area contributed by atoms with E-state index in [1.165, 1.54) is 5.56 Å². The molecule has 3 heteroatoms. The number of aromatic nitrogens is 1. The molecule has 1 fully saturated rings. The molecular weight excluding hydrogens is 164 g/mol. The minimum Gasteiger partial charge on any atom is -0.342 e. The highest BCUT2D eigenvalue weighted by atomic mass is 16.2. The van der Waals surface area contributed by atoms with Crippen molar-refractivity contribution in [3.63, 3.8) is 0 Å². The van der Waals surface area contributed by atoms with Crippen molar-refractivity contribution < 1.29 is 4.79 Å². The molecule has 1 aliphatic heterocycles. The van der Waals surface area contributed by atoms with Crippen molar-refractivity contribution in [2.45, 2.75) is 12.8 Å². The number of pyridine rings is 1. The van der Waals surface area contributed by atoms with E-state index in [-0.39, 0.29) is 5.91 Å². The van der Waals surface area contributed by atoms with Gasteiger partial charge in [-0.15, -0.1) is 0 Å². The lowest BCUT2D eigenvalue weighted by atomic mass is 9.93. The maximum atomic E-state index is 10.9. The molecule has 1 aromatic rings. The fourth-order valence-corrected chi connectivity index (χ4v) is 1.51. The van der Waals surface area contributed by atoms with Gasteiger partial charge in [-0.3, -0.25) is 9.78 Å². The van der Waals surface area contributed by atoms with Crippen LogP contribution in [0.15, 0.2) is 18.5 Å². The summed E-state index contributed by atoms with van der Waals surface area (Å²) in [5, 5.41) is 0. The fraction of sp³-hybridized carbons (Fsp3) is 0.400. The van der Waals surface area contributed by atoms with Crippen LogP contribution in [-0.2, 0) is 4.79 Å². The van der Waals surface area contributed by atoms with E-state index in [1.54, 1.807) is 13.1 Å². The molecule has 0 spiro atoms. The van der Waals surface area contributed by atoms with Gasteiger partial charge in [0.2, 0.25) is 5.91 Å². The Balaban J connectivity index is 1.98.